The van der Waals surface area contributed by atoms with Gasteiger partial charge in [-0.05, 0) is 42.5 Å². The van der Waals surface area contributed by atoms with Crippen LogP contribution in [0.2, 0.25) is 0 Å². The summed E-state index contributed by atoms with van der Waals surface area (Å²) in [6.45, 7) is 5.91. The molecular formula is C28H36N4O5S. The summed E-state index contributed by atoms with van der Waals surface area (Å²) in [6.07, 6.45) is 2.90. The van der Waals surface area contributed by atoms with Crippen molar-refractivity contribution >= 4 is 27.7 Å². The largest absolute Gasteiger partial charge is 0.349 e. The number of urea groups is 1. The maximum absolute atomic E-state index is 13.3. The molecular weight excluding hydrogens is 504 g/mol. The first-order valence-corrected chi connectivity index (χ1v) is 14.9. The van der Waals surface area contributed by atoms with Crippen molar-refractivity contribution in [3.63, 3.8) is 0 Å². The maximum atomic E-state index is 13.3. The van der Waals surface area contributed by atoms with Crippen LogP contribution < -0.4 is 10.6 Å². The lowest BCUT2D eigenvalue weighted by Gasteiger charge is -2.37. The van der Waals surface area contributed by atoms with Crippen LogP contribution in [-0.4, -0.2) is 67.5 Å². The van der Waals surface area contributed by atoms with Crippen LogP contribution >= 0.6 is 0 Å². The predicted octanol–water partition coefficient (Wildman–Crippen LogP) is 2.88. The molecule has 0 saturated carbocycles. The van der Waals surface area contributed by atoms with E-state index in [1.165, 1.54) is 17.0 Å². The molecule has 4 rings (SSSR count). The zero-order valence-corrected chi connectivity index (χ0v) is 23.0. The number of nitrogens with one attached hydrogen (secondary N) is 2. The third-order valence-corrected chi connectivity index (χ3v) is 8.55. The molecule has 2 aromatic rings. The molecule has 2 fully saturated rings. The van der Waals surface area contributed by atoms with Gasteiger partial charge in [0.05, 0.1) is 17.5 Å². The van der Waals surface area contributed by atoms with Gasteiger partial charge < -0.3 is 15.5 Å². The van der Waals surface area contributed by atoms with Crippen molar-refractivity contribution in [1.29, 1.82) is 0 Å². The molecule has 2 aromatic carbocycles. The minimum absolute atomic E-state index is 0.0155. The van der Waals surface area contributed by atoms with Crippen molar-refractivity contribution in [3.8, 4) is 0 Å². The molecule has 9 nitrogen and oxygen atoms in total. The lowest BCUT2D eigenvalue weighted by Crippen LogP contribution is -2.55. The molecule has 10 heteroatoms. The zero-order chi connectivity index (χ0) is 27.5. The molecule has 0 unspecified atom stereocenters. The summed E-state index contributed by atoms with van der Waals surface area (Å²) >= 11 is 0. The fraction of sp³-hybridized carbons (Fsp3) is 0.464. The van der Waals surface area contributed by atoms with Crippen LogP contribution in [0.3, 0.4) is 0 Å². The molecule has 2 N–H and O–H groups in total. The van der Waals surface area contributed by atoms with Crippen LogP contribution in [0.4, 0.5) is 4.79 Å². The molecule has 0 bridgehead atoms. The number of hydrogen-bond donors (Lipinski definition) is 2. The van der Waals surface area contributed by atoms with Crippen LogP contribution in [0, 0.1) is 5.92 Å². The number of imide groups is 1. The Morgan fingerprint density at radius 1 is 1.03 bits per heavy atom. The molecule has 2 saturated heterocycles. The van der Waals surface area contributed by atoms with Crippen LogP contribution in [0.5, 0.6) is 0 Å². The Morgan fingerprint density at radius 2 is 1.66 bits per heavy atom. The number of nitrogens with zero attached hydrogens (tertiary/aromatic N) is 2. The normalized spacial score (nSPS) is 18.6. The summed E-state index contributed by atoms with van der Waals surface area (Å²) in [5.41, 5.74) is 0.838. The van der Waals surface area contributed by atoms with Gasteiger partial charge in [-0.3, -0.25) is 14.5 Å². The van der Waals surface area contributed by atoms with Crippen molar-refractivity contribution in [3.05, 3.63) is 65.7 Å². The van der Waals surface area contributed by atoms with Gasteiger partial charge in [-0.1, -0.05) is 56.3 Å². The molecule has 204 valence electrons. The Balaban J connectivity index is 1.35. The number of benzene rings is 2. The number of carbonyl (C=O) groups excluding carboxylic acids is 3. The van der Waals surface area contributed by atoms with Crippen LogP contribution in [0.25, 0.3) is 0 Å². The predicted molar refractivity (Wildman–Crippen MR) is 144 cm³/mol. The van der Waals surface area contributed by atoms with Gasteiger partial charge in [0.1, 0.15) is 5.54 Å². The van der Waals surface area contributed by atoms with Gasteiger partial charge in [-0.25, -0.2) is 13.2 Å². The number of amides is 4. The summed E-state index contributed by atoms with van der Waals surface area (Å²) in [5.74, 6) is -0.323. The minimum atomic E-state index is -3.32. The number of sulfone groups is 1. The van der Waals surface area contributed by atoms with Gasteiger partial charge in [0.2, 0.25) is 5.91 Å². The molecule has 2 aliphatic heterocycles. The van der Waals surface area contributed by atoms with E-state index >= 15 is 0 Å². The summed E-state index contributed by atoms with van der Waals surface area (Å²) in [7, 11) is -3.32. The van der Waals surface area contributed by atoms with Gasteiger partial charge in [0.25, 0.3) is 5.91 Å². The Hall–Kier alpha value is -3.24. The molecule has 2 heterocycles. The highest BCUT2D eigenvalue weighted by molar-refractivity contribution is 7.90. The van der Waals surface area contributed by atoms with Gasteiger partial charge in [0, 0.05) is 31.8 Å². The van der Waals surface area contributed by atoms with E-state index in [0.717, 1.165) is 24.8 Å². The van der Waals surface area contributed by atoms with E-state index in [1.807, 2.05) is 44.2 Å². The summed E-state index contributed by atoms with van der Waals surface area (Å²) in [5, 5.41) is 6.09. The summed E-state index contributed by atoms with van der Waals surface area (Å²) in [4.78, 5) is 42.2. The van der Waals surface area contributed by atoms with Gasteiger partial charge in [-0.2, -0.15) is 0 Å². The van der Waals surface area contributed by atoms with E-state index < -0.39 is 21.4 Å². The Labute approximate surface area is 224 Å². The molecule has 0 radical (unpaired) electrons. The Bertz CT molecular complexity index is 1270. The lowest BCUT2D eigenvalue weighted by atomic mass is 9.87. The number of rotatable bonds is 9. The highest BCUT2D eigenvalue weighted by Crippen LogP contribution is 2.31. The van der Waals surface area contributed by atoms with E-state index in [4.69, 9.17) is 0 Å². The summed E-state index contributed by atoms with van der Waals surface area (Å²) in [6, 6.07) is 15.7. The highest BCUT2D eigenvalue weighted by Gasteiger charge is 2.52. The Morgan fingerprint density at radius 3 is 2.24 bits per heavy atom. The van der Waals surface area contributed by atoms with E-state index in [0.29, 0.717) is 31.5 Å². The maximum Gasteiger partial charge on any atom is 0.325 e. The van der Waals surface area contributed by atoms with Gasteiger partial charge in [0.15, 0.2) is 9.84 Å². The second-order valence-electron chi connectivity index (χ2n) is 10.6. The molecule has 0 aliphatic carbocycles. The van der Waals surface area contributed by atoms with Crippen LogP contribution in [0.1, 0.15) is 50.3 Å². The van der Waals surface area contributed by atoms with Crippen molar-refractivity contribution < 1.29 is 22.8 Å². The van der Waals surface area contributed by atoms with Crippen LogP contribution in [-0.2, 0) is 26.0 Å². The molecule has 0 aromatic heterocycles. The van der Waals surface area contributed by atoms with Crippen molar-refractivity contribution in [2.75, 3.05) is 25.9 Å². The summed E-state index contributed by atoms with van der Waals surface area (Å²) < 4.78 is 23.4. The first-order chi connectivity index (χ1) is 18.0. The quantitative estimate of drug-likeness (QED) is 0.473. The topological polar surface area (TPSA) is 116 Å². The number of likely N-dealkylation sites (tertiary alicyclic amines) is 1. The lowest BCUT2D eigenvalue weighted by molar-refractivity contribution is -0.133. The monoisotopic (exact) mass is 540 g/mol. The molecule has 1 spiro atoms. The van der Waals surface area contributed by atoms with E-state index in [9.17, 15) is 22.8 Å². The van der Waals surface area contributed by atoms with E-state index in [2.05, 4.69) is 15.5 Å². The molecule has 2 aliphatic rings. The average Bonchev–Trinajstić information content (AvgIpc) is 3.11. The van der Waals surface area contributed by atoms with E-state index in [-0.39, 0.29) is 35.2 Å². The molecule has 38 heavy (non-hydrogen) atoms. The number of carbonyl (C=O) groups is 3. The third-order valence-electron chi connectivity index (χ3n) is 7.42. The third kappa shape index (κ3) is 6.24. The molecule has 4 amide bonds. The zero-order valence-electron chi connectivity index (χ0n) is 22.1. The minimum Gasteiger partial charge on any atom is -0.349 e. The Kier molecular flexibility index (Phi) is 8.22. The fourth-order valence-corrected chi connectivity index (χ4v) is 5.63. The van der Waals surface area contributed by atoms with Crippen molar-refractivity contribution in [1.82, 2.24) is 20.4 Å². The first kappa shape index (κ1) is 27.8. The fourth-order valence-electron chi connectivity index (χ4n) is 5.00. The number of piperidine rings is 1. The first-order valence-electron chi connectivity index (χ1n) is 13.0. The number of hydrogen-bond acceptors (Lipinski definition) is 6. The van der Waals surface area contributed by atoms with Crippen LogP contribution in [0.15, 0.2) is 59.5 Å². The van der Waals surface area contributed by atoms with Crippen molar-refractivity contribution in [2.24, 2.45) is 5.92 Å². The van der Waals surface area contributed by atoms with Gasteiger partial charge >= 0.3 is 6.03 Å². The van der Waals surface area contributed by atoms with Gasteiger partial charge in [-0.15, -0.1) is 0 Å². The second kappa shape index (κ2) is 11.2. The SMILES string of the molecule is CC(C)C(=O)N[C@@H](CCN1CCC2(CC1)NC(=O)N(Cc1ccc(S(C)(=O)=O)cc1)C2=O)c1ccccc1. The standard InChI is InChI=1S/C28H36N4O5S/c1-20(2)25(33)29-24(22-7-5-4-6-8-22)13-16-31-17-14-28(15-18-31)26(34)32(27(35)30-28)19-21-9-11-23(12-10-21)38(3,36)37/h4-12,20,24H,13-19H2,1-3H3,(H,29,33)(H,30,35)/t24-/m0/s1. The second-order valence-corrected chi connectivity index (χ2v) is 12.6. The van der Waals surface area contributed by atoms with Crippen molar-refractivity contribution in [2.45, 2.75) is 56.1 Å². The van der Waals surface area contributed by atoms with E-state index in [1.54, 1.807) is 12.1 Å². The average molecular weight is 541 g/mol. The smallest absolute Gasteiger partial charge is 0.325 e. The molecule has 1 atom stereocenters. The highest BCUT2D eigenvalue weighted by atomic mass is 32.2.